The molecule has 1 unspecified atom stereocenters. The van der Waals surface area contributed by atoms with Crippen LogP contribution in [0.4, 0.5) is 4.39 Å². The summed E-state index contributed by atoms with van der Waals surface area (Å²) < 4.78 is 19.3. The topological polar surface area (TPSA) is 83.6 Å². The van der Waals surface area contributed by atoms with Gasteiger partial charge in [-0.3, -0.25) is 9.59 Å². The maximum atomic E-state index is 13.9. The van der Waals surface area contributed by atoms with Gasteiger partial charge in [0, 0.05) is 37.1 Å². The Morgan fingerprint density at radius 2 is 2.11 bits per heavy atom. The van der Waals surface area contributed by atoms with Gasteiger partial charge in [0.2, 0.25) is 5.91 Å². The molecule has 1 fully saturated rings. The number of likely N-dealkylation sites (tertiary alicyclic amines) is 1. The van der Waals surface area contributed by atoms with Crippen molar-refractivity contribution in [3.63, 3.8) is 0 Å². The van der Waals surface area contributed by atoms with Gasteiger partial charge in [-0.1, -0.05) is 31.1 Å². The first kappa shape index (κ1) is 19.1. The van der Waals surface area contributed by atoms with Crippen LogP contribution in [0.5, 0.6) is 0 Å². The average Bonchev–Trinajstić information content (AvgIpc) is 3.09. The van der Waals surface area contributed by atoms with Crippen LogP contribution in [0.1, 0.15) is 32.4 Å². The first-order chi connectivity index (χ1) is 12.8. The number of carbonyl (C=O) groups excluding carboxylic acids is 1. The molecule has 0 spiro atoms. The molecule has 1 aromatic carbocycles. The maximum Gasteiger partial charge on any atom is 0.311 e. The Morgan fingerprint density at radius 3 is 2.78 bits per heavy atom. The van der Waals surface area contributed by atoms with Gasteiger partial charge >= 0.3 is 5.97 Å². The minimum absolute atomic E-state index is 0.0510. The van der Waals surface area contributed by atoms with E-state index in [1.54, 1.807) is 43.0 Å². The summed E-state index contributed by atoms with van der Waals surface area (Å²) >= 11 is 0. The van der Waals surface area contributed by atoms with Crippen LogP contribution in [-0.2, 0) is 16.0 Å². The predicted molar refractivity (Wildman–Crippen MR) is 96.3 cm³/mol. The van der Waals surface area contributed by atoms with Gasteiger partial charge in [-0.25, -0.2) is 4.39 Å². The SMILES string of the molecule is CC(C)C(=O)N1CCCC(Cc2cc(-c3ccccc3F)no2)(C(=O)O)C1. The molecule has 2 heterocycles. The third-order valence-corrected chi connectivity index (χ3v) is 5.06. The number of rotatable bonds is 5. The van der Waals surface area contributed by atoms with Gasteiger partial charge in [0.25, 0.3) is 0 Å². The molecule has 1 atom stereocenters. The zero-order chi connectivity index (χ0) is 19.6. The Bertz CT molecular complexity index is 848. The van der Waals surface area contributed by atoms with Gasteiger partial charge in [0.15, 0.2) is 0 Å². The molecule has 144 valence electrons. The number of hydrogen-bond donors (Lipinski definition) is 1. The smallest absolute Gasteiger partial charge is 0.311 e. The van der Waals surface area contributed by atoms with E-state index in [4.69, 9.17) is 4.52 Å². The third kappa shape index (κ3) is 3.86. The molecule has 0 radical (unpaired) electrons. The Hall–Kier alpha value is -2.70. The van der Waals surface area contributed by atoms with Crippen LogP contribution >= 0.6 is 0 Å². The van der Waals surface area contributed by atoms with Crippen LogP contribution in [0.25, 0.3) is 11.3 Å². The lowest BCUT2D eigenvalue weighted by Crippen LogP contribution is -2.51. The number of piperidine rings is 1. The molecule has 0 saturated carbocycles. The van der Waals surface area contributed by atoms with Crippen molar-refractivity contribution in [3.8, 4) is 11.3 Å². The molecule has 1 aliphatic rings. The number of halogens is 1. The largest absolute Gasteiger partial charge is 0.481 e. The van der Waals surface area contributed by atoms with E-state index in [-0.39, 0.29) is 24.8 Å². The summed E-state index contributed by atoms with van der Waals surface area (Å²) in [6.45, 7) is 4.30. The standard InChI is InChI=1S/C20H23FN2O4/c1-13(2)18(24)23-9-5-8-20(12-23,19(25)26)11-14-10-17(22-27-14)15-6-3-4-7-16(15)21/h3-4,6-7,10,13H,5,8-9,11-12H2,1-2H3,(H,25,26). The minimum Gasteiger partial charge on any atom is -0.481 e. The number of hydrogen-bond acceptors (Lipinski definition) is 4. The van der Waals surface area contributed by atoms with Crippen LogP contribution in [0.3, 0.4) is 0 Å². The quantitative estimate of drug-likeness (QED) is 0.867. The summed E-state index contributed by atoms with van der Waals surface area (Å²) in [5, 5.41) is 13.8. The lowest BCUT2D eigenvalue weighted by atomic mass is 9.76. The van der Waals surface area contributed by atoms with Crippen LogP contribution in [0, 0.1) is 17.2 Å². The van der Waals surface area contributed by atoms with E-state index in [0.717, 1.165) is 0 Å². The van der Waals surface area contributed by atoms with Crippen LogP contribution in [0.15, 0.2) is 34.9 Å². The number of aliphatic carboxylic acids is 1. The van der Waals surface area contributed by atoms with Crippen molar-refractivity contribution in [2.24, 2.45) is 11.3 Å². The third-order valence-electron chi connectivity index (χ3n) is 5.06. The Kier molecular flexibility index (Phi) is 5.30. The van der Waals surface area contributed by atoms with Crippen molar-refractivity contribution in [1.82, 2.24) is 10.1 Å². The summed E-state index contributed by atoms with van der Waals surface area (Å²) in [4.78, 5) is 26.1. The van der Waals surface area contributed by atoms with Gasteiger partial charge in [-0.2, -0.15) is 0 Å². The fourth-order valence-electron chi connectivity index (χ4n) is 3.61. The lowest BCUT2D eigenvalue weighted by molar-refractivity contribution is -0.156. The van der Waals surface area contributed by atoms with Crippen molar-refractivity contribution in [3.05, 3.63) is 41.9 Å². The van der Waals surface area contributed by atoms with Gasteiger partial charge in [-0.15, -0.1) is 0 Å². The first-order valence-corrected chi connectivity index (χ1v) is 9.05. The molecular formula is C20H23FN2O4. The van der Waals surface area contributed by atoms with Crippen molar-refractivity contribution in [2.75, 3.05) is 13.1 Å². The van der Waals surface area contributed by atoms with Crippen molar-refractivity contribution in [1.29, 1.82) is 0 Å². The van der Waals surface area contributed by atoms with E-state index in [1.165, 1.54) is 6.07 Å². The summed E-state index contributed by atoms with van der Waals surface area (Å²) in [5.41, 5.74) is -0.499. The second kappa shape index (κ2) is 7.50. The molecule has 1 saturated heterocycles. The summed E-state index contributed by atoms with van der Waals surface area (Å²) in [6.07, 6.45) is 1.16. The number of carboxylic acid groups (broad SMARTS) is 1. The average molecular weight is 374 g/mol. The molecule has 1 amide bonds. The summed E-state index contributed by atoms with van der Waals surface area (Å²) in [6, 6.07) is 7.78. The molecule has 0 bridgehead atoms. The summed E-state index contributed by atoms with van der Waals surface area (Å²) in [7, 11) is 0. The van der Waals surface area contributed by atoms with E-state index in [2.05, 4.69) is 5.16 Å². The molecule has 1 aromatic heterocycles. The highest BCUT2D eigenvalue weighted by molar-refractivity contribution is 5.81. The number of carbonyl (C=O) groups is 2. The molecule has 7 heteroatoms. The molecule has 1 aliphatic heterocycles. The number of carboxylic acids is 1. The first-order valence-electron chi connectivity index (χ1n) is 9.05. The van der Waals surface area contributed by atoms with Gasteiger partial charge in [0.05, 0.1) is 5.41 Å². The highest BCUT2D eigenvalue weighted by atomic mass is 19.1. The van der Waals surface area contributed by atoms with Gasteiger partial charge < -0.3 is 14.5 Å². The zero-order valence-corrected chi connectivity index (χ0v) is 15.4. The Labute approximate surface area is 157 Å². The predicted octanol–water partition coefficient (Wildman–Crippen LogP) is 3.37. The second-order valence-electron chi connectivity index (χ2n) is 7.44. The fraction of sp³-hybridized carbons (Fsp3) is 0.450. The molecule has 1 N–H and O–H groups in total. The number of benzene rings is 1. The van der Waals surface area contributed by atoms with Crippen molar-refractivity contribution >= 4 is 11.9 Å². The Morgan fingerprint density at radius 1 is 1.37 bits per heavy atom. The number of nitrogens with zero attached hydrogens (tertiary/aromatic N) is 2. The zero-order valence-electron chi connectivity index (χ0n) is 15.4. The lowest BCUT2D eigenvalue weighted by Gasteiger charge is -2.40. The molecule has 6 nitrogen and oxygen atoms in total. The van der Waals surface area contributed by atoms with Crippen LogP contribution in [-0.4, -0.2) is 40.1 Å². The maximum absolute atomic E-state index is 13.9. The molecular weight excluding hydrogens is 351 g/mol. The van der Waals surface area contributed by atoms with Gasteiger partial charge in [-0.05, 0) is 25.0 Å². The number of amides is 1. The molecule has 27 heavy (non-hydrogen) atoms. The molecule has 2 aromatic rings. The van der Waals surface area contributed by atoms with E-state index >= 15 is 0 Å². The minimum atomic E-state index is -1.13. The second-order valence-corrected chi connectivity index (χ2v) is 7.44. The summed E-state index contributed by atoms with van der Waals surface area (Å²) in [5.74, 6) is -1.25. The van der Waals surface area contributed by atoms with E-state index in [1.807, 2.05) is 0 Å². The normalized spacial score (nSPS) is 20.1. The fourth-order valence-corrected chi connectivity index (χ4v) is 3.61. The van der Waals surface area contributed by atoms with E-state index in [9.17, 15) is 19.1 Å². The van der Waals surface area contributed by atoms with Crippen molar-refractivity contribution in [2.45, 2.75) is 33.1 Å². The highest BCUT2D eigenvalue weighted by Crippen LogP contribution is 2.36. The van der Waals surface area contributed by atoms with Crippen molar-refractivity contribution < 1.29 is 23.6 Å². The molecule has 0 aliphatic carbocycles. The molecule has 3 rings (SSSR count). The van der Waals surface area contributed by atoms with Crippen LogP contribution < -0.4 is 0 Å². The van der Waals surface area contributed by atoms with E-state index < -0.39 is 17.2 Å². The Balaban J connectivity index is 1.84. The van der Waals surface area contributed by atoms with Crippen LogP contribution in [0.2, 0.25) is 0 Å². The highest BCUT2D eigenvalue weighted by Gasteiger charge is 2.45. The number of aromatic nitrogens is 1. The van der Waals surface area contributed by atoms with Gasteiger partial charge in [0.1, 0.15) is 17.3 Å². The van der Waals surface area contributed by atoms with E-state index in [0.29, 0.717) is 36.4 Å². The monoisotopic (exact) mass is 374 g/mol.